The van der Waals surface area contributed by atoms with Crippen molar-refractivity contribution in [1.29, 1.82) is 0 Å². The van der Waals surface area contributed by atoms with Gasteiger partial charge in [-0.3, -0.25) is 4.79 Å². The molecular weight excluding hydrogens is 333 g/mol. The van der Waals surface area contributed by atoms with Crippen molar-refractivity contribution in [3.05, 3.63) is 47.8 Å². The van der Waals surface area contributed by atoms with E-state index in [9.17, 15) is 18.0 Å². The van der Waals surface area contributed by atoms with Gasteiger partial charge in [-0.2, -0.15) is 18.3 Å². The van der Waals surface area contributed by atoms with Crippen LogP contribution in [0.4, 0.5) is 13.2 Å². The van der Waals surface area contributed by atoms with Crippen molar-refractivity contribution in [3.63, 3.8) is 0 Å². The lowest BCUT2D eigenvalue weighted by atomic mass is 9.99. The van der Waals surface area contributed by atoms with Gasteiger partial charge >= 0.3 is 6.18 Å². The lowest BCUT2D eigenvalue weighted by molar-refractivity contribution is -0.141. The van der Waals surface area contributed by atoms with E-state index in [0.29, 0.717) is 18.8 Å². The van der Waals surface area contributed by atoms with Crippen molar-refractivity contribution in [1.82, 2.24) is 20.4 Å². The second-order valence-corrected chi connectivity index (χ2v) is 6.07. The van der Waals surface area contributed by atoms with Crippen LogP contribution in [-0.2, 0) is 17.5 Å². The molecule has 25 heavy (non-hydrogen) atoms. The van der Waals surface area contributed by atoms with Gasteiger partial charge in [-0.1, -0.05) is 12.1 Å². The number of hydrogen-bond acceptors (Lipinski definition) is 3. The third-order valence-electron chi connectivity index (χ3n) is 4.21. The zero-order chi connectivity index (χ0) is 17.9. The molecule has 2 N–H and O–H groups in total. The third-order valence-corrected chi connectivity index (χ3v) is 4.21. The van der Waals surface area contributed by atoms with Crippen LogP contribution in [0.1, 0.15) is 24.1 Å². The summed E-state index contributed by atoms with van der Waals surface area (Å²) in [6.07, 6.45) is -1.30. The first kappa shape index (κ1) is 17.5. The number of halogens is 3. The number of nitrogens with one attached hydrogen (secondary N) is 2. The molecule has 0 aliphatic carbocycles. The average Bonchev–Trinajstić information content (AvgIpc) is 3.11. The first-order chi connectivity index (χ1) is 11.9. The SMILES string of the molecule is O=C(NCc1ccc(-n2ccc(C(F)(F)F)n2)cc1)C1CCCNC1. The molecule has 0 saturated carbocycles. The zero-order valence-corrected chi connectivity index (χ0v) is 13.5. The van der Waals surface area contributed by atoms with Crippen LogP contribution in [0.3, 0.4) is 0 Å². The van der Waals surface area contributed by atoms with Crippen LogP contribution in [-0.4, -0.2) is 28.8 Å². The van der Waals surface area contributed by atoms with Gasteiger partial charge in [0.2, 0.25) is 5.91 Å². The summed E-state index contributed by atoms with van der Waals surface area (Å²) in [6.45, 7) is 2.04. The molecule has 134 valence electrons. The molecule has 5 nitrogen and oxygen atoms in total. The largest absolute Gasteiger partial charge is 0.435 e. The minimum atomic E-state index is -4.45. The molecule has 1 aliphatic heterocycles. The van der Waals surface area contributed by atoms with E-state index in [4.69, 9.17) is 0 Å². The second kappa shape index (κ2) is 7.26. The molecule has 3 rings (SSSR count). The van der Waals surface area contributed by atoms with Gasteiger partial charge in [-0.25, -0.2) is 4.68 Å². The van der Waals surface area contributed by atoms with E-state index in [1.807, 2.05) is 0 Å². The monoisotopic (exact) mass is 352 g/mol. The van der Waals surface area contributed by atoms with E-state index >= 15 is 0 Å². The summed E-state index contributed by atoms with van der Waals surface area (Å²) in [5.41, 5.74) is 0.482. The maximum atomic E-state index is 12.6. The van der Waals surface area contributed by atoms with E-state index in [-0.39, 0.29) is 11.8 Å². The summed E-state index contributed by atoms with van der Waals surface area (Å²) in [5.74, 6) is 0.0241. The van der Waals surface area contributed by atoms with E-state index in [2.05, 4.69) is 15.7 Å². The minimum Gasteiger partial charge on any atom is -0.352 e. The summed E-state index contributed by atoms with van der Waals surface area (Å²) < 4.78 is 38.9. The van der Waals surface area contributed by atoms with Crippen molar-refractivity contribution < 1.29 is 18.0 Å². The number of carbonyl (C=O) groups excluding carboxylic acids is 1. The van der Waals surface area contributed by atoms with Gasteiger partial charge in [-0.15, -0.1) is 0 Å². The Morgan fingerprint density at radius 3 is 2.64 bits per heavy atom. The predicted octanol–water partition coefficient (Wildman–Crippen LogP) is 2.51. The smallest absolute Gasteiger partial charge is 0.352 e. The number of amides is 1. The van der Waals surface area contributed by atoms with Gasteiger partial charge in [0, 0.05) is 19.3 Å². The lowest BCUT2D eigenvalue weighted by Gasteiger charge is -2.21. The number of rotatable bonds is 4. The Labute approximate surface area is 143 Å². The summed E-state index contributed by atoms with van der Waals surface area (Å²) in [5, 5.41) is 9.64. The Bertz CT molecular complexity index is 718. The maximum Gasteiger partial charge on any atom is 0.435 e. The molecule has 1 unspecified atom stereocenters. The van der Waals surface area contributed by atoms with Crippen LogP contribution in [0.5, 0.6) is 0 Å². The fourth-order valence-corrected chi connectivity index (χ4v) is 2.79. The molecule has 1 aromatic heterocycles. The van der Waals surface area contributed by atoms with Gasteiger partial charge in [-0.05, 0) is 43.1 Å². The van der Waals surface area contributed by atoms with E-state index in [0.717, 1.165) is 31.0 Å². The van der Waals surface area contributed by atoms with Crippen molar-refractivity contribution in [3.8, 4) is 5.69 Å². The number of nitrogens with zero attached hydrogens (tertiary/aromatic N) is 2. The molecule has 1 atom stereocenters. The van der Waals surface area contributed by atoms with Gasteiger partial charge in [0.25, 0.3) is 0 Å². The number of piperidine rings is 1. The van der Waals surface area contributed by atoms with Crippen molar-refractivity contribution in [2.24, 2.45) is 5.92 Å². The number of aromatic nitrogens is 2. The van der Waals surface area contributed by atoms with Crippen LogP contribution < -0.4 is 10.6 Å². The number of hydrogen-bond donors (Lipinski definition) is 2. The Kier molecular flexibility index (Phi) is 5.08. The first-order valence-corrected chi connectivity index (χ1v) is 8.14. The molecule has 0 bridgehead atoms. The zero-order valence-electron chi connectivity index (χ0n) is 13.5. The molecule has 1 aliphatic rings. The molecule has 1 fully saturated rings. The highest BCUT2D eigenvalue weighted by atomic mass is 19.4. The first-order valence-electron chi connectivity index (χ1n) is 8.14. The van der Waals surface area contributed by atoms with E-state index in [1.54, 1.807) is 24.3 Å². The average molecular weight is 352 g/mol. The maximum absolute atomic E-state index is 12.6. The lowest BCUT2D eigenvalue weighted by Crippen LogP contribution is -2.40. The predicted molar refractivity (Wildman–Crippen MR) is 86.0 cm³/mol. The Balaban J connectivity index is 1.58. The second-order valence-electron chi connectivity index (χ2n) is 6.07. The molecule has 1 aromatic carbocycles. The molecule has 0 radical (unpaired) electrons. The molecule has 0 spiro atoms. The normalized spacial score (nSPS) is 18.1. The highest BCUT2D eigenvalue weighted by Crippen LogP contribution is 2.27. The van der Waals surface area contributed by atoms with Crippen LogP contribution in [0.2, 0.25) is 0 Å². The molecular formula is C17H19F3N4O. The van der Waals surface area contributed by atoms with Gasteiger partial charge in [0.15, 0.2) is 5.69 Å². The summed E-state index contributed by atoms with van der Waals surface area (Å²) in [6, 6.07) is 7.83. The van der Waals surface area contributed by atoms with Crippen molar-refractivity contribution in [2.45, 2.75) is 25.6 Å². The van der Waals surface area contributed by atoms with Crippen LogP contribution in [0, 0.1) is 5.92 Å². The number of carbonyl (C=O) groups is 1. The van der Waals surface area contributed by atoms with E-state index in [1.165, 1.54) is 10.9 Å². The summed E-state index contributed by atoms with van der Waals surface area (Å²) in [7, 11) is 0. The summed E-state index contributed by atoms with van der Waals surface area (Å²) in [4.78, 5) is 12.1. The molecule has 2 heterocycles. The quantitative estimate of drug-likeness (QED) is 0.889. The van der Waals surface area contributed by atoms with Gasteiger partial charge in [0.1, 0.15) is 0 Å². The highest BCUT2D eigenvalue weighted by Gasteiger charge is 2.33. The van der Waals surface area contributed by atoms with E-state index < -0.39 is 11.9 Å². The van der Waals surface area contributed by atoms with Gasteiger partial charge in [0.05, 0.1) is 11.6 Å². The Morgan fingerprint density at radius 1 is 1.28 bits per heavy atom. The Hall–Kier alpha value is -2.35. The standard InChI is InChI=1S/C17H19F3N4O/c18-17(19,20)15-7-9-24(23-15)14-5-3-12(4-6-14)10-22-16(25)13-2-1-8-21-11-13/h3-7,9,13,21H,1-2,8,10-11H2,(H,22,25). The highest BCUT2D eigenvalue weighted by molar-refractivity contribution is 5.78. The molecule has 1 amide bonds. The number of benzene rings is 1. The minimum absolute atomic E-state index is 0.00196. The topological polar surface area (TPSA) is 59.0 Å². The van der Waals surface area contributed by atoms with Crippen molar-refractivity contribution >= 4 is 5.91 Å². The summed E-state index contributed by atoms with van der Waals surface area (Å²) >= 11 is 0. The molecule has 8 heteroatoms. The fraction of sp³-hybridized carbons (Fsp3) is 0.412. The fourth-order valence-electron chi connectivity index (χ4n) is 2.79. The molecule has 1 saturated heterocycles. The van der Waals surface area contributed by atoms with Crippen LogP contribution in [0.15, 0.2) is 36.5 Å². The molecule has 2 aromatic rings. The number of alkyl halides is 3. The van der Waals surface area contributed by atoms with Crippen LogP contribution in [0.25, 0.3) is 5.69 Å². The Morgan fingerprint density at radius 2 is 2.04 bits per heavy atom. The van der Waals surface area contributed by atoms with Gasteiger partial charge < -0.3 is 10.6 Å². The third kappa shape index (κ3) is 4.39. The van der Waals surface area contributed by atoms with Crippen LogP contribution >= 0.6 is 0 Å². The van der Waals surface area contributed by atoms with Crippen molar-refractivity contribution in [2.75, 3.05) is 13.1 Å².